The van der Waals surface area contributed by atoms with Gasteiger partial charge in [-0.25, -0.2) is 4.98 Å². The molecular formula is C18H25N3. The summed E-state index contributed by atoms with van der Waals surface area (Å²) in [5.41, 5.74) is 11.1. The SMILES string of the molecule is CCn1c(C2CCCC2)nc(-c2c(C)cccc2C)c1N. The Morgan fingerprint density at radius 3 is 2.38 bits per heavy atom. The van der Waals surface area contributed by atoms with E-state index in [1.165, 1.54) is 48.2 Å². The summed E-state index contributed by atoms with van der Waals surface area (Å²) in [7, 11) is 0. The van der Waals surface area contributed by atoms with Crippen molar-refractivity contribution < 1.29 is 0 Å². The van der Waals surface area contributed by atoms with Gasteiger partial charge in [0, 0.05) is 18.0 Å². The summed E-state index contributed by atoms with van der Waals surface area (Å²) in [6.45, 7) is 7.34. The molecule has 3 nitrogen and oxygen atoms in total. The summed E-state index contributed by atoms with van der Waals surface area (Å²) in [6.07, 6.45) is 5.14. The van der Waals surface area contributed by atoms with E-state index in [2.05, 4.69) is 43.5 Å². The van der Waals surface area contributed by atoms with Crippen LogP contribution < -0.4 is 5.73 Å². The second kappa shape index (κ2) is 5.55. The number of aryl methyl sites for hydroxylation is 2. The molecule has 1 aliphatic carbocycles. The molecule has 0 unspecified atom stereocenters. The zero-order valence-corrected chi connectivity index (χ0v) is 13.3. The fourth-order valence-electron chi connectivity index (χ4n) is 3.68. The van der Waals surface area contributed by atoms with Crippen molar-refractivity contribution in [2.45, 2.75) is 58.9 Å². The van der Waals surface area contributed by atoms with Crippen LogP contribution in [0.5, 0.6) is 0 Å². The van der Waals surface area contributed by atoms with Gasteiger partial charge in [0.1, 0.15) is 17.3 Å². The average Bonchev–Trinajstić information content (AvgIpc) is 3.07. The molecule has 0 aliphatic heterocycles. The van der Waals surface area contributed by atoms with Gasteiger partial charge in [-0.05, 0) is 44.7 Å². The summed E-state index contributed by atoms with van der Waals surface area (Å²) in [6, 6.07) is 6.38. The first-order chi connectivity index (χ1) is 10.1. The van der Waals surface area contributed by atoms with E-state index in [1.807, 2.05) is 0 Å². The van der Waals surface area contributed by atoms with Crippen molar-refractivity contribution in [3.63, 3.8) is 0 Å². The van der Waals surface area contributed by atoms with Gasteiger partial charge in [0.2, 0.25) is 0 Å². The van der Waals surface area contributed by atoms with Gasteiger partial charge in [0.25, 0.3) is 0 Å². The van der Waals surface area contributed by atoms with Crippen LogP contribution in [-0.2, 0) is 6.54 Å². The smallest absolute Gasteiger partial charge is 0.131 e. The molecule has 1 aromatic carbocycles. The fourth-order valence-corrected chi connectivity index (χ4v) is 3.68. The van der Waals surface area contributed by atoms with E-state index in [0.29, 0.717) is 5.92 Å². The number of nitrogen functional groups attached to an aromatic ring is 1. The minimum Gasteiger partial charge on any atom is -0.383 e. The molecular weight excluding hydrogens is 258 g/mol. The third-order valence-corrected chi connectivity index (χ3v) is 4.79. The minimum atomic E-state index is 0.588. The van der Waals surface area contributed by atoms with Gasteiger partial charge in [-0.2, -0.15) is 0 Å². The molecule has 0 atom stereocenters. The molecule has 2 N–H and O–H groups in total. The predicted octanol–water partition coefficient (Wildman–Crippen LogP) is 4.43. The molecule has 0 bridgehead atoms. The fraction of sp³-hybridized carbons (Fsp3) is 0.500. The predicted molar refractivity (Wildman–Crippen MR) is 88.4 cm³/mol. The zero-order chi connectivity index (χ0) is 15.0. The highest BCUT2D eigenvalue weighted by molar-refractivity contribution is 5.76. The van der Waals surface area contributed by atoms with Crippen LogP contribution in [0.15, 0.2) is 18.2 Å². The summed E-state index contributed by atoms with van der Waals surface area (Å²) < 4.78 is 2.22. The Morgan fingerprint density at radius 1 is 1.19 bits per heavy atom. The van der Waals surface area contributed by atoms with Crippen molar-refractivity contribution in [3.8, 4) is 11.3 Å². The van der Waals surface area contributed by atoms with E-state index < -0.39 is 0 Å². The number of rotatable bonds is 3. The highest BCUT2D eigenvalue weighted by atomic mass is 15.1. The van der Waals surface area contributed by atoms with E-state index in [4.69, 9.17) is 10.7 Å². The standard InChI is InChI=1S/C18H25N3/c1-4-21-17(19)16(15-12(2)8-7-9-13(15)3)20-18(21)14-10-5-6-11-14/h7-9,14H,4-6,10-11,19H2,1-3H3. The molecule has 0 spiro atoms. The van der Waals surface area contributed by atoms with Crippen LogP contribution in [0.1, 0.15) is 55.5 Å². The zero-order valence-electron chi connectivity index (χ0n) is 13.3. The van der Waals surface area contributed by atoms with Crippen molar-refractivity contribution >= 4 is 5.82 Å². The van der Waals surface area contributed by atoms with Crippen molar-refractivity contribution in [1.29, 1.82) is 0 Å². The van der Waals surface area contributed by atoms with Crippen LogP contribution in [-0.4, -0.2) is 9.55 Å². The van der Waals surface area contributed by atoms with Gasteiger partial charge in [0.05, 0.1) is 0 Å². The van der Waals surface area contributed by atoms with Gasteiger partial charge in [-0.3, -0.25) is 0 Å². The number of anilines is 1. The molecule has 1 aliphatic rings. The Hall–Kier alpha value is -1.77. The molecule has 0 amide bonds. The van der Waals surface area contributed by atoms with Crippen LogP contribution in [0.4, 0.5) is 5.82 Å². The van der Waals surface area contributed by atoms with E-state index in [0.717, 1.165) is 18.1 Å². The lowest BCUT2D eigenvalue weighted by Crippen LogP contribution is -2.08. The Labute approximate surface area is 127 Å². The van der Waals surface area contributed by atoms with Crippen molar-refractivity contribution in [2.24, 2.45) is 0 Å². The number of hydrogen-bond acceptors (Lipinski definition) is 2. The van der Waals surface area contributed by atoms with Crippen molar-refractivity contribution in [3.05, 3.63) is 35.2 Å². The van der Waals surface area contributed by atoms with Gasteiger partial charge in [-0.15, -0.1) is 0 Å². The summed E-state index contributed by atoms with van der Waals surface area (Å²) in [4.78, 5) is 4.99. The molecule has 3 heteroatoms. The molecule has 3 rings (SSSR count). The summed E-state index contributed by atoms with van der Waals surface area (Å²) in [5, 5.41) is 0. The maximum atomic E-state index is 6.45. The Balaban J connectivity index is 2.15. The van der Waals surface area contributed by atoms with E-state index in [-0.39, 0.29) is 0 Å². The Kier molecular flexibility index (Phi) is 3.75. The van der Waals surface area contributed by atoms with Crippen molar-refractivity contribution in [2.75, 3.05) is 5.73 Å². The maximum Gasteiger partial charge on any atom is 0.131 e. The number of hydrogen-bond donors (Lipinski definition) is 1. The quantitative estimate of drug-likeness (QED) is 0.905. The number of imidazole rings is 1. The third-order valence-electron chi connectivity index (χ3n) is 4.79. The number of nitrogens with zero attached hydrogens (tertiary/aromatic N) is 2. The monoisotopic (exact) mass is 283 g/mol. The van der Waals surface area contributed by atoms with E-state index in [9.17, 15) is 0 Å². The van der Waals surface area contributed by atoms with Crippen LogP contribution in [0.3, 0.4) is 0 Å². The maximum absolute atomic E-state index is 6.45. The largest absolute Gasteiger partial charge is 0.383 e. The number of nitrogens with two attached hydrogens (primary N) is 1. The normalized spacial score (nSPS) is 15.8. The highest BCUT2D eigenvalue weighted by Gasteiger charge is 2.26. The second-order valence-electron chi connectivity index (χ2n) is 6.20. The van der Waals surface area contributed by atoms with E-state index >= 15 is 0 Å². The van der Waals surface area contributed by atoms with Crippen molar-refractivity contribution in [1.82, 2.24) is 9.55 Å². The lowest BCUT2D eigenvalue weighted by atomic mass is 10.00. The first-order valence-corrected chi connectivity index (χ1v) is 8.06. The lowest BCUT2D eigenvalue weighted by Gasteiger charge is -2.11. The van der Waals surface area contributed by atoms with Crippen LogP contribution in [0.25, 0.3) is 11.3 Å². The molecule has 1 aromatic heterocycles. The number of benzene rings is 1. The number of aromatic nitrogens is 2. The van der Waals surface area contributed by atoms with Gasteiger partial charge >= 0.3 is 0 Å². The topological polar surface area (TPSA) is 43.8 Å². The molecule has 1 fully saturated rings. The molecule has 2 aromatic rings. The van der Waals surface area contributed by atoms with Gasteiger partial charge < -0.3 is 10.3 Å². The van der Waals surface area contributed by atoms with Crippen LogP contribution >= 0.6 is 0 Å². The minimum absolute atomic E-state index is 0.588. The molecule has 0 radical (unpaired) electrons. The summed E-state index contributed by atoms with van der Waals surface area (Å²) in [5.74, 6) is 2.62. The Bertz CT molecular complexity index is 628. The molecule has 21 heavy (non-hydrogen) atoms. The van der Waals surface area contributed by atoms with E-state index in [1.54, 1.807) is 0 Å². The van der Waals surface area contributed by atoms with Crippen LogP contribution in [0.2, 0.25) is 0 Å². The molecule has 1 saturated carbocycles. The van der Waals surface area contributed by atoms with Crippen LogP contribution in [0, 0.1) is 13.8 Å². The first-order valence-electron chi connectivity index (χ1n) is 8.06. The average molecular weight is 283 g/mol. The van der Waals surface area contributed by atoms with Gasteiger partial charge in [-0.1, -0.05) is 31.0 Å². The summed E-state index contributed by atoms with van der Waals surface area (Å²) >= 11 is 0. The van der Waals surface area contributed by atoms with Gasteiger partial charge in [0.15, 0.2) is 0 Å². The molecule has 0 saturated heterocycles. The molecule has 112 valence electrons. The lowest BCUT2D eigenvalue weighted by molar-refractivity contribution is 0.604. The third kappa shape index (κ3) is 2.35. The Morgan fingerprint density at radius 2 is 1.81 bits per heavy atom. The first kappa shape index (κ1) is 14.2. The second-order valence-corrected chi connectivity index (χ2v) is 6.20. The molecule has 1 heterocycles. The highest BCUT2D eigenvalue weighted by Crippen LogP contribution is 2.38.